The molecule has 0 aromatic heterocycles. The standard InChI is InChI=1S/C16H37NO6P2.3Na/c1-2-3-4-5-6-7-8-9-10-11-12-13-14-17(15-24(18,19)20)16-25(21,22)23;;;/h2-16H2,1H3,(H2,18,19,20)(H2,21,22,23);;;/q;3*+1/p-4. The molecular formula is C16H33NNa3O6P2-. The molecule has 0 rings (SSSR count). The maximum absolute atomic E-state index is 10.8. The summed E-state index contributed by atoms with van der Waals surface area (Å²) in [6, 6.07) is 0. The van der Waals surface area contributed by atoms with E-state index >= 15 is 0 Å². The van der Waals surface area contributed by atoms with E-state index in [1.165, 1.54) is 51.4 Å². The molecule has 28 heavy (non-hydrogen) atoms. The molecule has 0 fully saturated rings. The van der Waals surface area contributed by atoms with Crippen molar-refractivity contribution >= 4 is 15.2 Å². The number of hydrogen-bond donors (Lipinski definition) is 0. The fourth-order valence-electron chi connectivity index (χ4n) is 2.85. The fourth-order valence-corrected chi connectivity index (χ4v) is 4.47. The Balaban J connectivity index is -0.000000960. The SMILES string of the molecule is CCCCCCCCCCCCCCN(CP(=O)([O-])[O-])CP(=O)([O-])[O-].[Na+].[Na+].[Na+]. The first-order chi connectivity index (χ1) is 11.6. The molecule has 0 saturated heterocycles. The molecular weight excluding hydrogens is 433 g/mol. The van der Waals surface area contributed by atoms with E-state index in [-0.39, 0.29) is 95.2 Å². The molecule has 0 bridgehead atoms. The second kappa shape index (κ2) is 23.4. The second-order valence-corrected chi connectivity index (χ2v) is 9.80. The maximum atomic E-state index is 10.8. The van der Waals surface area contributed by atoms with Crippen molar-refractivity contribution in [1.29, 1.82) is 0 Å². The number of rotatable bonds is 17. The van der Waals surface area contributed by atoms with Crippen LogP contribution in [0.2, 0.25) is 0 Å². The molecule has 152 valence electrons. The molecule has 0 radical (unpaired) electrons. The van der Waals surface area contributed by atoms with Gasteiger partial charge in [-0.2, -0.15) is 0 Å². The summed E-state index contributed by atoms with van der Waals surface area (Å²) in [6.07, 6.45) is 11.9. The van der Waals surface area contributed by atoms with Crippen molar-refractivity contribution in [3.05, 3.63) is 0 Å². The Morgan fingerprint density at radius 2 is 0.857 bits per heavy atom. The van der Waals surface area contributed by atoms with Crippen LogP contribution in [0.1, 0.15) is 84.0 Å². The van der Waals surface area contributed by atoms with Gasteiger partial charge in [-0.15, -0.1) is 0 Å². The summed E-state index contributed by atoms with van der Waals surface area (Å²) in [4.78, 5) is 44.1. The van der Waals surface area contributed by atoms with Crippen LogP contribution in [0.4, 0.5) is 0 Å². The molecule has 0 N–H and O–H groups in total. The molecule has 0 saturated carbocycles. The van der Waals surface area contributed by atoms with Crippen molar-refractivity contribution in [2.75, 3.05) is 19.1 Å². The topological polar surface area (TPSA) is 130 Å². The van der Waals surface area contributed by atoms with Crippen LogP contribution >= 0.6 is 15.2 Å². The normalized spacial score (nSPS) is 11.5. The summed E-state index contributed by atoms with van der Waals surface area (Å²) in [5, 5.41) is 0. The van der Waals surface area contributed by atoms with Crippen LogP contribution in [0.3, 0.4) is 0 Å². The fraction of sp³-hybridized carbons (Fsp3) is 1.00. The number of nitrogens with zero attached hydrogens (tertiary/aromatic N) is 1. The Labute approximate surface area is 237 Å². The minimum atomic E-state index is -4.87. The van der Waals surface area contributed by atoms with Crippen LogP contribution in [0.5, 0.6) is 0 Å². The maximum Gasteiger partial charge on any atom is 1.00 e. The Hall–Kier alpha value is 3.26. The molecule has 0 unspecified atom stereocenters. The second-order valence-electron chi connectivity index (χ2n) is 6.79. The zero-order chi connectivity index (χ0) is 19.2. The third-order valence-corrected chi connectivity index (χ3v) is 5.57. The molecule has 7 nitrogen and oxygen atoms in total. The van der Waals surface area contributed by atoms with Crippen molar-refractivity contribution in [1.82, 2.24) is 4.90 Å². The van der Waals surface area contributed by atoms with Gasteiger partial charge in [-0.1, -0.05) is 92.7 Å². The molecule has 0 aromatic rings. The Morgan fingerprint density at radius 1 is 0.571 bits per heavy atom. The molecule has 0 amide bonds. The van der Waals surface area contributed by atoms with E-state index in [2.05, 4.69) is 6.92 Å². The quantitative estimate of drug-likeness (QED) is 0.118. The molecule has 0 aliphatic rings. The van der Waals surface area contributed by atoms with Gasteiger partial charge in [0.2, 0.25) is 0 Å². The van der Waals surface area contributed by atoms with Crippen molar-refractivity contribution in [2.24, 2.45) is 0 Å². The minimum Gasteiger partial charge on any atom is -0.810 e. The van der Waals surface area contributed by atoms with Gasteiger partial charge in [-0.25, -0.2) is 0 Å². The van der Waals surface area contributed by atoms with Gasteiger partial charge in [0.05, 0.1) is 0 Å². The third-order valence-electron chi connectivity index (χ3n) is 4.07. The molecule has 0 aliphatic carbocycles. The van der Waals surface area contributed by atoms with Gasteiger partial charge >= 0.3 is 88.7 Å². The third kappa shape index (κ3) is 31.4. The van der Waals surface area contributed by atoms with E-state index in [1.54, 1.807) is 0 Å². The number of unbranched alkanes of at least 4 members (excludes halogenated alkanes) is 11. The Kier molecular flexibility index (Phi) is 32.2. The summed E-state index contributed by atoms with van der Waals surface area (Å²) in [5.74, 6) is 0. The predicted octanol–water partition coefficient (Wildman–Crippen LogP) is -7.26. The summed E-state index contributed by atoms with van der Waals surface area (Å²) in [6.45, 7) is 2.35. The first-order valence-electron chi connectivity index (χ1n) is 9.38. The van der Waals surface area contributed by atoms with Crippen molar-refractivity contribution in [3.8, 4) is 0 Å². The average molecular weight is 466 g/mol. The zero-order valence-electron chi connectivity index (χ0n) is 18.4. The summed E-state index contributed by atoms with van der Waals surface area (Å²) < 4.78 is 21.6. The van der Waals surface area contributed by atoms with Crippen LogP contribution in [0.25, 0.3) is 0 Å². The van der Waals surface area contributed by atoms with Crippen molar-refractivity contribution in [2.45, 2.75) is 84.0 Å². The Bertz CT molecular complexity index is 399. The predicted molar refractivity (Wildman–Crippen MR) is 92.7 cm³/mol. The van der Waals surface area contributed by atoms with Gasteiger partial charge in [0.15, 0.2) is 0 Å². The summed E-state index contributed by atoms with van der Waals surface area (Å²) >= 11 is 0. The van der Waals surface area contributed by atoms with E-state index in [0.29, 0.717) is 6.42 Å². The summed E-state index contributed by atoms with van der Waals surface area (Å²) in [7, 11) is -9.73. The number of hydrogen-bond acceptors (Lipinski definition) is 7. The van der Waals surface area contributed by atoms with Gasteiger partial charge in [0.1, 0.15) is 0 Å². The van der Waals surface area contributed by atoms with Gasteiger partial charge < -0.3 is 28.7 Å². The molecule has 0 aliphatic heterocycles. The van der Waals surface area contributed by atoms with E-state index in [1.807, 2.05) is 0 Å². The van der Waals surface area contributed by atoms with Crippen LogP contribution in [0.15, 0.2) is 0 Å². The van der Waals surface area contributed by atoms with Crippen molar-refractivity contribution < 1.29 is 117 Å². The van der Waals surface area contributed by atoms with E-state index in [9.17, 15) is 28.7 Å². The molecule has 0 aromatic carbocycles. The monoisotopic (exact) mass is 466 g/mol. The van der Waals surface area contributed by atoms with E-state index in [0.717, 1.165) is 24.2 Å². The van der Waals surface area contributed by atoms with Crippen LogP contribution < -0.4 is 108 Å². The van der Waals surface area contributed by atoms with Crippen LogP contribution in [0, 0.1) is 0 Å². The molecule has 0 heterocycles. The van der Waals surface area contributed by atoms with Gasteiger partial charge in [0, 0.05) is 12.6 Å². The van der Waals surface area contributed by atoms with Crippen LogP contribution in [-0.4, -0.2) is 24.0 Å². The van der Waals surface area contributed by atoms with Gasteiger partial charge in [0.25, 0.3) is 0 Å². The molecule has 12 heteroatoms. The summed E-state index contributed by atoms with van der Waals surface area (Å²) in [5.41, 5.74) is 0. The minimum absolute atomic E-state index is 0. The van der Waals surface area contributed by atoms with Crippen LogP contribution in [-0.2, 0) is 9.13 Å². The first-order valence-corrected chi connectivity index (χ1v) is 12.8. The van der Waals surface area contributed by atoms with Gasteiger partial charge in [-0.05, 0) is 13.0 Å². The van der Waals surface area contributed by atoms with E-state index in [4.69, 9.17) is 0 Å². The largest absolute Gasteiger partial charge is 1.00 e. The molecule has 0 atom stereocenters. The molecule has 0 spiro atoms. The smallest absolute Gasteiger partial charge is 0.810 e. The van der Waals surface area contributed by atoms with Gasteiger partial charge in [-0.3, -0.25) is 4.90 Å². The van der Waals surface area contributed by atoms with Crippen molar-refractivity contribution in [3.63, 3.8) is 0 Å². The Morgan fingerprint density at radius 3 is 1.14 bits per heavy atom. The first kappa shape index (κ1) is 38.5. The van der Waals surface area contributed by atoms with E-state index < -0.39 is 27.8 Å². The zero-order valence-corrected chi connectivity index (χ0v) is 26.2. The average Bonchev–Trinajstić information content (AvgIpc) is 2.45.